The molecule has 1 heterocycles. The van der Waals surface area contributed by atoms with Crippen molar-refractivity contribution in [3.63, 3.8) is 0 Å². The highest BCUT2D eigenvalue weighted by molar-refractivity contribution is 5.27. The van der Waals surface area contributed by atoms with Gasteiger partial charge in [0.1, 0.15) is 5.75 Å². The predicted octanol–water partition coefficient (Wildman–Crippen LogP) is 2.75. The molecule has 1 unspecified atom stereocenters. The normalized spacial score (nSPS) is 12.3. The van der Waals surface area contributed by atoms with Crippen LogP contribution in [0.2, 0.25) is 0 Å². The summed E-state index contributed by atoms with van der Waals surface area (Å²) in [4.78, 5) is 4.27. The minimum Gasteiger partial charge on any atom is -0.485 e. The molecule has 0 saturated heterocycles. The number of aromatic nitrogens is 2. The quantitative estimate of drug-likeness (QED) is 0.809. The number of nitrogens with one attached hydrogen (secondary N) is 1. The number of ether oxygens (including phenoxy) is 1. The molecule has 0 aliphatic rings. The number of nitrogens with zero attached hydrogens (tertiary/aromatic N) is 2. The summed E-state index contributed by atoms with van der Waals surface area (Å²) in [7, 11) is 1.97. The Hall–Kier alpha value is -1.88. The van der Waals surface area contributed by atoms with Crippen LogP contribution in [0.25, 0.3) is 0 Å². The summed E-state index contributed by atoms with van der Waals surface area (Å²) in [6, 6.07) is 8.59. The fourth-order valence-electron chi connectivity index (χ4n) is 1.99. The van der Waals surface area contributed by atoms with Crippen molar-refractivity contribution >= 4 is 0 Å². The van der Waals surface area contributed by atoms with Crippen molar-refractivity contribution < 1.29 is 9.26 Å². The Bertz CT molecular complexity index is 537. The van der Waals surface area contributed by atoms with Crippen LogP contribution < -0.4 is 10.1 Å². The van der Waals surface area contributed by atoms with Crippen LogP contribution in [0.15, 0.2) is 28.8 Å². The Kier molecular flexibility index (Phi) is 5.75. The molecule has 5 nitrogen and oxygen atoms in total. The van der Waals surface area contributed by atoms with Gasteiger partial charge in [0.2, 0.25) is 11.7 Å². The minimum absolute atomic E-state index is 0.333. The number of rotatable bonds is 8. The van der Waals surface area contributed by atoms with E-state index in [0.717, 1.165) is 25.0 Å². The zero-order valence-electron chi connectivity index (χ0n) is 12.9. The highest BCUT2D eigenvalue weighted by atomic mass is 16.5. The molecule has 1 aromatic carbocycles. The van der Waals surface area contributed by atoms with Crippen LogP contribution in [0.3, 0.4) is 0 Å². The van der Waals surface area contributed by atoms with E-state index in [9.17, 15) is 0 Å². The first-order chi connectivity index (χ1) is 10.2. The third-order valence-electron chi connectivity index (χ3n) is 3.30. The van der Waals surface area contributed by atoms with Gasteiger partial charge in [-0.3, -0.25) is 0 Å². The Morgan fingerprint density at radius 2 is 2.05 bits per heavy atom. The maximum atomic E-state index is 5.67. The Morgan fingerprint density at radius 3 is 2.71 bits per heavy atom. The maximum Gasteiger partial charge on any atom is 0.226 e. The number of hydrogen-bond donors (Lipinski definition) is 1. The second-order valence-electron chi connectivity index (χ2n) is 5.18. The predicted molar refractivity (Wildman–Crippen MR) is 81.3 cm³/mol. The van der Waals surface area contributed by atoms with Gasteiger partial charge in [-0.2, -0.15) is 4.98 Å². The van der Waals surface area contributed by atoms with Crippen LogP contribution in [0.5, 0.6) is 5.75 Å². The second kappa shape index (κ2) is 7.78. The molecule has 1 atom stereocenters. The Labute approximate surface area is 125 Å². The molecule has 2 rings (SSSR count). The molecular weight excluding hydrogens is 266 g/mol. The lowest BCUT2D eigenvalue weighted by Crippen LogP contribution is -2.23. The highest BCUT2D eigenvalue weighted by Crippen LogP contribution is 2.15. The van der Waals surface area contributed by atoms with Crippen LogP contribution in [-0.4, -0.2) is 23.2 Å². The van der Waals surface area contributed by atoms with Gasteiger partial charge in [0, 0.05) is 12.5 Å². The molecule has 5 heteroatoms. The van der Waals surface area contributed by atoms with Crippen molar-refractivity contribution in [2.45, 2.75) is 45.8 Å². The van der Waals surface area contributed by atoms with Gasteiger partial charge >= 0.3 is 0 Å². The number of benzene rings is 1. The molecule has 0 spiro atoms. The van der Waals surface area contributed by atoms with Gasteiger partial charge in [-0.05, 0) is 44.5 Å². The molecular formula is C16H23N3O2. The Balaban J connectivity index is 1.85. The van der Waals surface area contributed by atoms with Gasteiger partial charge in [0.15, 0.2) is 6.61 Å². The molecule has 1 N–H and O–H groups in total. The van der Waals surface area contributed by atoms with Crippen molar-refractivity contribution in [2.75, 3.05) is 7.05 Å². The van der Waals surface area contributed by atoms with Gasteiger partial charge in [-0.1, -0.05) is 24.2 Å². The molecule has 0 bridgehead atoms. The highest BCUT2D eigenvalue weighted by Gasteiger charge is 2.06. The molecule has 0 aliphatic carbocycles. The van der Waals surface area contributed by atoms with E-state index in [2.05, 4.69) is 41.4 Å². The zero-order valence-corrected chi connectivity index (χ0v) is 12.9. The van der Waals surface area contributed by atoms with E-state index in [0.29, 0.717) is 24.4 Å². The lowest BCUT2D eigenvalue weighted by atomic mass is 10.1. The smallest absolute Gasteiger partial charge is 0.226 e. The molecule has 0 fully saturated rings. The molecule has 0 amide bonds. The number of aryl methyl sites for hydroxylation is 1. The van der Waals surface area contributed by atoms with E-state index in [1.807, 2.05) is 19.2 Å². The third-order valence-corrected chi connectivity index (χ3v) is 3.30. The lowest BCUT2D eigenvalue weighted by Gasteiger charge is -2.10. The monoisotopic (exact) mass is 289 g/mol. The van der Waals surface area contributed by atoms with Gasteiger partial charge in [0.25, 0.3) is 0 Å². The summed E-state index contributed by atoms with van der Waals surface area (Å²) in [6.07, 6.45) is 2.81. The molecule has 0 radical (unpaired) electrons. The molecule has 2 aromatic rings. The van der Waals surface area contributed by atoms with Crippen molar-refractivity contribution in [1.82, 2.24) is 15.5 Å². The maximum absolute atomic E-state index is 5.67. The number of hydrogen-bond acceptors (Lipinski definition) is 5. The standard InChI is InChI=1S/C16H23N3O2/c1-4-5-16-18-15(19-21-16)11-20-14-8-6-13(7-9-14)10-12(2)17-3/h6-9,12,17H,4-5,10-11H2,1-3H3. The third kappa shape index (κ3) is 4.86. The van der Waals surface area contributed by atoms with E-state index in [1.54, 1.807) is 0 Å². The first-order valence-electron chi connectivity index (χ1n) is 7.41. The topological polar surface area (TPSA) is 60.2 Å². The first-order valence-corrected chi connectivity index (χ1v) is 7.41. The van der Waals surface area contributed by atoms with Crippen molar-refractivity contribution in [1.29, 1.82) is 0 Å². The van der Waals surface area contributed by atoms with Crippen LogP contribution in [0.4, 0.5) is 0 Å². The van der Waals surface area contributed by atoms with Crippen molar-refractivity contribution in [2.24, 2.45) is 0 Å². The second-order valence-corrected chi connectivity index (χ2v) is 5.18. The minimum atomic E-state index is 0.333. The van der Waals surface area contributed by atoms with E-state index in [-0.39, 0.29) is 0 Å². The van der Waals surface area contributed by atoms with E-state index >= 15 is 0 Å². The summed E-state index contributed by atoms with van der Waals surface area (Å²) in [5, 5.41) is 7.13. The van der Waals surface area contributed by atoms with Gasteiger partial charge in [-0.25, -0.2) is 0 Å². The Morgan fingerprint density at radius 1 is 1.29 bits per heavy atom. The van der Waals surface area contributed by atoms with Crippen LogP contribution in [0.1, 0.15) is 37.5 Å². The summed E-state index contributed by atoms with van der Waals surface area (Å²) in [6.45, 7) is 4.57. The molecule has 1 aromatic heterocycles. The fraction of sp³-hybridized carbons (Fsp3) is 0.500. The molecule has 21 heavy (non-hydrogen) atoms. The lowest BCUT2D eigenvalue weighted by molar-refractivity contribution is 0.285. The van der Waals surface area contributed by atoms with Gasteiger partial charge in [-0.15, -0.1) is 0 Å². The average molecular weight is 289 g/mol. The number of likely N-dealkylation sites (N-methyl/N-ethyl adjacent to an activating group) is 1. The zero-order chi connectivity index (χ0) is 15.1. The van der Waals surface area contributed by atoms with E-state index < -0.39 is 0 Å². The van der Waals surface area contributed by atoms with E-state index in [1.165, 1.54) is 5.56 Å². The summed E-state index contributed by atoms with van der Waals surface area (Å²) < 4.78 is 10.8. The van der Waals surface area contributed by atoms with E-state index in [4.69, 9.17) is 9.26 Å². The van der Waals surface area contributed by atoms with Crippen molar-refractivity contribution in [3.05, 3.63) is 41.5 Å². The van der Waals surface area contributed by atoms with Gasteiger partial charge < -0.3 is 14.6 Å². The van der Waals surface area contributed by atoms with Crippen LogP contribution in [-0.2, 0) is 19.4 Å². The van der Waals surface area contributed by atoms with Crippen molar-refractivity contribution in [3.8, 4) is 5.75 Å². The fourth-order valence-corrected chi connectivity index (χ4v) is 1.99. The van der Waals surface area contributed by atoms with Crippen LogP contribution >= 0.6 is 0 Å². The average Bonchev–Trinajstić information content (AvgIpc) is 2.94. The summed E-state index contributed by atoms with van der Waals surface area (Å²) in [5.74, 6) is 2.08. The first kappa shape index (κ1) is 15.5. The summed E-state index contributed by atoms with van der Waals surface area (Å²) in [5.41, 5.74) is 1.29. The van der Waals surface area contributed by atoms with Gasteiger partial charge in [0.05, 0.1) is 0 Å². The van der Waals surface area contributed by atoms with Crippen LogP contribution in [0, 0.1) is 0 Å². The molecule has 114 valence electrons. The largest absolute Gasteiger partial charge is 0.485 e. The molecule has 0 saturated carbocycles. The summed E-state index contributed by atoms with van der Waals surface area (Å²) >= 11 is 0. The molecule has 0 aliphatic heterocycles. The SMILES string of the molecule is CCCc1nc(COc2ccc(CC(C)NC)cc2)no1.